The minimum Gasteiger partial charge on any atom is -0.356 e. The Hall–Kier alpha value is -3.05. The van der Waals surface area contributed by atoms with Crippen LogP contribution >= 0.6 is 0 Å². The molecule has 3 N–H and O–H groups in total. The summed E-state index contributed by atoms with van der Waals surface area (Å²) in [5.74, 6) is 0.297. The number of alkyl halides is 6. The van der Waals surface area contributed by atoms with Gasteiger partial charge in [-0.15, -0.1) is 0 Å². The molecule has 30 heavy (non-hydrogen) atoms. The number of hydrogen-bond donors (Lipinski definition) is 3. The second kappa shape index (κ2) is 10.1. The molecule has 0 amide bonds. The van der Waals surface area contributed by atoms with Crippen LogP contribution in [0, 0.1) is 0 Å². The van der Waals surface area contributed by atoms with Crippen LogP contribution in [0.25, 0.3) is 0 Å². The Morgan fingerprint density at radius 1 is 0.900 bits per heavy atom. The summed E-state index contributed by atoms with van der Waals surface area (Å²) < 4.78 is 75.5. The molecule has 1 aromatic heterocycles. The van der Waals surface area contributed by atoms with Gasteiger partial charge in [-0.1, -0.05) is 12.1 Å². The molecule has 2 aromatic rings. The fourth-order valence-electron chi connectivity index (χ4n) is 2.36. The van der Waals surface area contributed by atoms with Crippen LogP contribution in [0.1, 0.15) is 16.8 Å². The Bertz CT molecular complexity index is 832. The number of nitrogens with one attached hydrogen (secondary N) is 3. The van der Waals surface area contributed by atoms with E-state index in [0.717, 1.165) is 30.0 Å². The lowest BCUT2D eigenvalue weighted by molar-refractivity contribution is -0.141. The van der Waals surface area contributed by atoms with Crippen LogP contribution in [0.3, 0.4) is 0 Å². The molecule has 2 rings (SSSR count). The number of benzene rings is 1. The molecule has 6 nitrogen and oxygen atoms in total. The smallest absolute Gasteiger partial charge is 0.356 e. The predicted molar refractivity (Wildman–Crippen MR) is 100 cm³/mol. The van der Waals surface area contributed by atoms with Gasteiger partial charge in [0.05, 0.1) is 5.56 Å². The van der Waals surface area contributed by atoms with Crippen LogP contribution in [-0.4, -0.2) is 42.6 Å². The lowest BCUT2D eigenvalue weighted by atomic mass is 10.1. The second-order valence-electron chi connectivity index (χ2n) is 6.06. The summed E-state index contributed by atoms with van der Waals surface area (Å²) in [4.78, 5) is 11.1. The summed E-state index contributed by atoms with van der Waals surface area (Å²) in [7, 11) is 1.54. The molecule has 1 aromatic carbocycles. The first-order chi connectivity index (χ1) is 14.1. The van der Waals surface area contributed by atoms with Crippen molar-refractivity contribution in [2.24, 2.45) is 4.99 Å². The highest BCUT2D eigenvalue weighted by atomic mass is 19.4. The van der Waals surface area contributed by atoms with E-state index in [2.05, 4.69) is 30.9 Å². The summed E-state index contributed by atoms with van der Waals surface area (Å²) in [5.41, 5.74) is -1.00. The Morgan fingerprint density at radius 2 is 1.57 bits per heavy atom. The summed E-state index contributed by atoms with van der Waals surface area (Å²) in [5, 5.41) is 8.63. The Balaban J connectivity index is 1.71. The lowest BCUT2D eigenvalue weighted by Crippen LogP contribution is -2.40. The van der Waals surface area contributed by atoms with Gasteiger partial charge in [0, 0.05) is 32.9 Å². The summed E-state index contributed by atoms with van der Waals surface area (Å²) in [6.07, 6.45) is -7.41. The predicted octanol–water partition coefficient (Wildman–Crippen LogP) is 3.33. The molecule has 0 aliphatic heterocycles. The molecule has 12 heteroatoms. The number of anilines is 1. The van der Waals surface area contributed by atoms with Gasteiger partial charge in [-0.3, -0.25) is 4.99 Å². The van der Waals surface area contributed by atoms with Gasteiger partial charge in [0.1, 0.15) is 5.69 Å². The van der Waals surface area contributed by atoms with Gasteiger partial charge < -0.3 is 16.0 Å². The number of halogens is 6. The molecule has 0 fully saturated rings. The van der Waals surface area contributed by atoms with Crippen molar-refractivity contribution >= 4 is 11.9 Å². The first kappa shape index (κ1) is 23.2. The van der Waals surface area contributed by atoms with Crippen molar-refractivity contribution in [1.82, 2.24) is 20.6 Å². The Morgan fingerprint density at radius 3 is 2.17 bits per heavy atom. The molecule has 0 aliphatic carbocycles. The molecule has 0 saturated heterocycles. The van der Waals surface area contributed by atoms with E-state index in [1.807, 2.05) is 0 Å². The summed E-state index contributed by atoms with van der Waals surface area (Å²) >= 11 is 0. The monoisotopic (exact) mass is 434 g/mol. The quantitative estimate of drug-likeness (QED) is 0.270. The number of guanidine groups is 1. The zero-order chi connectivity index (χ0) is 22.2. The summed E-state index contributed by atoms with van der Waals surface area (Å²) in [6.45, 7) is 0.982. The van der Waals surface area contributed by atoms with E-state index in [4.69, 9.17) is 0 Å². The fraction of sp³-hybridized carbons (Fsp3) is 0.389. The van der Waals surface area contributed by atoms with Gasteiger partial charge in [0.25, 0.3) is 0 Å². The van der Waals surface area contributed by atoms with E-state index < -0.39 is 23.6 Å². The van der Waals surface area contributed by atoms with Crippen molar-refractivity contribution in [1.29, 1.82) is 0 Å². The van der Waals surface area contributed by atoms with Crippen LogP contribution in [0.5, 0.6) is 0 Å². The maximum Gasteiger partial charge on any atom is 0.433 e. The van der Waals surface area contributed by atoms with E-state index in [1.165, 1.54) is 19.2 Å². The second-order valence-corrected chi connectivity index (χ2v) is 6.06. The van der Waals surface area contributed by atoms with Crippen molar-refractivity contribution in [2.75, 3.05) is 32.0 Å². The largest absolute Gasteiger partial charge is 0.433 e. The van der Waals surface area contributed by atoms with E-state index >= 15 is 0 Å². The summed E-state index contributed by atoms with van der Waals surface area (Å²) in [6, 6.07) is 5.68. The van der Waals surface area contributed by atoms with Gasteiger partial charge in [0.2, 0.25) is 5.95 Å². The van der Waals surface area contributed by atoms with Gasteiger partial charge in [-0.2, -0.15) is 26.3 Å². The third kappa shape index (κ3) is 7.41. The van der Waals surface area contributed by atoms with Crippen molar-refractivity contribution in [3.05, 3.63) is 53.3 Å². The van der Waals surface area contributed by atoms with Gasteiger partial charge in [0.15, 0.2) is 5.96 Å². The molecule has 0 atom stereocenters. The molecule has 0 unspecified atom stereocenters. The van der Waals surface area contributed by atoms with Crippen LogP contribution in [-0.2, 0) is 18.8 Å². The Labute approximate surface area is 168 Å². The molecular formula is C18H20F6N6. The minimum absolute atomic E-state index is 0.142. The number of aliphatic imine (C=N–C) groups is 1. The average Bonchev–Trinajstić information content (AvgIpc) is 2.69. The average molecular weight is 434 g/mol. The highest BCUT2D eigenvalue weighted by molar-refractivity contribution is 5.79. The zero-order valence-corrected chi connectivity index (χ0v) is 15.9. The first-order valence-electron chi connectivity index (χ1n) is 8.84. The van der Waals surface area contributed by atoms with E-state index in [9.17, 15) is 26.3 Å². The van der Waals surface area contributed by atoms with Gasteiger partial charge >= 0.3 is 12.4 Å². The van der Waals surface area contributed by atoms with Gasteiger partial charge in [-0.05, 0) is 30.2 Å². The number of nitrogens with zero attached hydrogens (tertiary/aromatic N) is 3. The third-order valence-electron chi connectivity index (χ3n) is 3.86. The number of rotatable bonds is 7. The molecule has 0 radical (unpaired) electrons. The van der Waals surface area contributed by atoms with Crippen LogP contribution in [0.4, 0.5) is 32.3 Å². The molecule has 0 spiro atoms. The zero-order valence-electron chi connectivity index (χ0n) is 15.9. The molecule has 0 aliphatic rings. The highest BCUT2D eigenvalue weighted by Gasteiger charge is 2.32. The van der Waals surface area contributed by atoms with Crippen molar-refractivity contribution in [3.8, 4) is 0 Å². The minimum atomic E-state index is -4.54. The maximum atomic E-state index is 12.6. The van der Waals surface area contributed by atoms with Crippen LogP contribution in [0.15, 0.2) is 41.5 Å². The molecule has 0 saturated carbocycles. The van der Waals surface area contributed by atoms with Crippen LogP contribution < -0.4 is 16.0 Å². The number of hydrogen-bond acceptors (Lipinski definition) is 4. The van der Waals surface area contributed by atoms with Crippen molar-refractivity contribution in [3.63, 3.8) is 0 Å². The van der Waals surface area contributed by atoms with Crippen molar-refractivity contribution < 1.29 is 26.3 Å². The van der Waals surface area contributed by atoms with E-state index in [-0.39, 0.29) is 12.5 Å². The van der Waals surface area contributed by atoms with Crippen molar-refractivity contribution in [2.45, 2.75) is 18.8 Å². The Kier molecular flexibility index (Phi) is 7.84. The first-order valence-corrected chi connectivity index (χ1v) is 8.84. The maximum absolute atomic E-state index is 12.6. The van der Waals surface area contributed by atoms with Crippen LogP contribution in [0.2, 0.25) is 0 Å². The molecule has 1 heterocycles. The SMILES string of the molecule is CN=C(NCCNc1nccc(C(F)(F)F)n1)NCCc1ccc(C(F)(F)F)cc1. The standard InChI is InChI=1S/C18H20F6N6/c1-25-15(26-8-6-12-2-4-13(5-3-12)17(19,20)21)28-10-11-29-16-27-9-7-14(30-16)18(22,23)24/h2-5,7,9H,6,8,10-11H2,1H3,(H2,25,26,28)(H,27,29,30). The van der Waals surface area contributed by atoms with E-state index in [0.29, 0.717) is 25.5 Å². The molecule has 0 bridgehead atoms. The van der Waals surface area contributed by atoms with E-state index in [1.54, 1.807) is 0 Å². The third-order valence-corrected chi connectivity index (χ3v) is 3.86. The van der Waals surface area contributed by atoms with Gasteiger partial charge in [-0.25, -0.2) is 9.97 Å². The molecular weight excluding hydrogens is 414 g/mol. The fourth-order valence-corrected chi connectivity index (χ4v) is 2.36. The topological polar surface area (TPSA) is 74.2 Å². The molecule has 164 valence electrons. The lowest BCUT2D eigenvalue weighted by Gasteiger charge is -2.13. The highest BCUT2D eigenvalue weighted by Crippen LogP contribution is 2.29. The normalized spacial score (nSPS) is 12.6. The number of aromatic nitrogens is 2.